The van der Waals surface area contributed by atoms with Gasteiger partial charge in [0.05, 0.1) is 0 Å². The van der Waals surface area contributed by atoms with Gasteiger partial charge in [-0.3, -0.25) is 14.3 Å². The Morgan fingerprint density at radius 1 is 1.24 bits per heavy atom. The summed E-state index contributed by atoms with van der Waals surface area (Å²) in [7, 11) is 1.42. The second kappa shape index (κ2) is 5.21. The van der Waals surface area contributed by atoms with E-state index in [2.05, 4.69) is 9.97 Å². The average molecular weight is 305 g/mol. The molecular formula is C14H13ClN4O2. The molecule has 0 bridgehead atoms. The minimum absolute atomic E-state index is 0.194. The van der Waals surface area contributed by atoms with E-state index in [1.165, 1.54) is 7.05 Å². The summed E-state index contributed by atoms with van der Waals surface area (Å²) in [4.78, 5) is 30.4. The number of H-pyrrole nitrogens is 1. The summed E-state index contributed by atoms with van der Waals surface area (Å²) in [5.74, 6) is 0. The molecule has 2 aromatic heterocycles. The van der Waals surface area contributed by atoms with E-state index in [0.29, 0.717) is 18.5 Å². The summed E-state index contributed by atoms with van der Waals surface area (Å²) >= 11 is 6.09. The quantitative estimate of drug-likeness (QED) is 0.742. The Kier molecular flexibility index (Phi) is 3.39. The Bertz CT molecular complexity index is 908. The molecule has 1 aromatic carbocycles. The summed E-state index contributed by atoms with van der Waals surface area (Å²) in [5.41, 5.74) is 0.772. The van der Waals surface area contributed by atoms with Gasteiger partial charge in [-0.15, -0.1) is 0 Å². The van der Waals surface area contributed by atoms with Gasteiger partial charge in [0.1, 0.15) is 0 Å². The van der Waals surface area contributed by atoms with Crippen LogP contribution >= 0.6 is 11.6 Å². The van der Waals surface area contributed by atoms with Crippen molar-refractivity contribution in [3.63, 3.8) is 0 Å². The van der Waals surface area contributed by atoms with Crippen molar-refractivity contribution >= 4 is 22.8 Å². The molecule has 0 spiro atoms. The number of rotatable bonds is 3. The van der Waals surface area contributed by atoms with E-state index < -0.39 is 11.2 Å². The van der Waals surface area contributed by atoms with Gasteiger partial charge in [0.2, 0.25) is 5.28 Å². The smallest absolute Gasteiger partial charge is 0.308 e. The third-order valence-corrected chi connectivity index (χ3v) is 3.71. The topological polar surface area (TPSA) is 72.7 Å². The molecule has 3 aromatic rings. The number of fused-ring (bicyclic) bond motifs is 1. The van der Waals surface area contributed by atoms with Crippen molar-refractivity contribution in [1.82, 2.24) is 19.1 Å². The van der Waals surface area contributed by atoms with Gasteiger partial charge in [-0.05, 0) is 23.6 Å². The fraction of sp³-hybridized carbons (Fsp3) is 0.214. The van der Waals surface area contributed by atoms with E-state index in [4.69, 9.17) is 11.6 Å². The van der Waals surface area contributed by atoms with Crippen LogP contribution in [0, 0.1) is 0 Å². The number of aryl methyl sites for hydroxylation is 2. The van der Waals surface area contributed by atoms with E-state index in [1.807, 2.05) is 30.3 Å². The number of halogens is 1. The lowest BCUT2D eigenvalue weighted by Crippen LogP contribution is -2.33. The second-order valence-electron chi connectivity index (χ2n) is 4.76. The Labute approximate surface area is 124 Å². The van der Waals surface area contributed by atoms with Crippen molar-refractivity contribution in [3.8, 4) is 0 Å². The van der Waals surface area contributed by atoms with Crippen LogP contribution < -0.4 is 11.2 Å². The van der Waals surface area contributed by atoms with E-state index in [0.717, 1.165) is 10.1 Å². The summed E-state index contributed by atoms with van der Waals surface area (Å²) < 4.78 is 2.64. The Morgan fingerprint density at radius 3 is 2.67 bits per heavy atom. The highest BCUT2D eigenvalue weighted by atomic mass is 35.5. The molecule has 1 N–H and O–H groups in total. The Morgan fingerprint density at radius 2 is 1.95 bits per heavy atom. The highest BCUT2D eigenvalue weighted by Gasteiger charge is 2.15. The fourth-order valence-electron chi connectivity index (χ4n) is 2.26. The van der Waals surface area contributed by atoms with Crippen molar-refractivity contribution in [1.29, 1.82) is 0 Å². The number of nitrogens with zero attached hydrogens (tertiary/aromatic N) is 3. The van der Waals surface area contributed by atoms with Crippen LogP contribution in [0.25, 0.3) is 11.2 Å². The maximum atomic E-state index is 12.2. The molecule has 0 atom stereocenters. The van der Waals surface area contributed by atoms with Gasteiger partial charge in [0, 0.05) is 13.6 Å². The van der Waals surface area contributed by atoms with Crippen LogP contribution in [0.1, 0.15) is 5.56 Å². The highest BCUT2D eigenvalue weighted by molar-refractivity contribution is 6.29. The predicted molar refractivity (Wildman–Crippen MR) is 80.8 cm³/mol. The maximum Gasteiger partial charge on any atom is 0.329 e. The first-order valence-corrected chi connectivity index (χ1v) is 6.84. The molecule has 0 saturated carbocycles. The van der Waals surface area contributed by atoms with Crippen LogP contribution in [0.3, 0.4) is 0 Å². The summed E-state index contributed by atoms with van der Waals surface area (Å²) in [5, 5.41) is 0.194. The SMILES string of the molecule is Cn1c(=O)[nH]c2nc(Cl)n(CCc3ccccc3)c2c1=O. The van der Waals surface area contributed by atoms with Gasteiger partial charge in [-0.2, -0.15) is 4.98 Å². The lowest BCUT2D eigenvalue weighted by molar-refractivity contribution is 0.705. The lowest BCUT2D eigenvalue weighted by Gasteiger charge is -2.06. The molecule has 6 nitrogen and oxygen atoms in total. The van der Waals surface area contributed by atoms with Gasteiger partial charge in [-0.1, -0.05) is 30.3 Å². The van der Waals surface area contributed by atoms with Gasteiger partial charge >= 0.3 is 5.69 Å². The van der Waals surface area contributed by atoms with Crippen LogP contribution in [-0.4, -0.2) is 19.1 Å². The van der Waals surface area contributed by atoms with Crippen LogP contribution in [-0.2, 0) is 20.0 Å². The summed E-state index contributed by atoms with van der Waals surface area (Å²) in [6, 6.07) is 9.88. The number of aromatic nitrogens is 4. The number of nitrogens with one attached hydrogen (secondary N) is 1. The average Bonchev–Trinajstić information content (AvgIpc) is 2.79. The zero-order valence-electron chi connectivity index (χ0n) is 11.3. The second-order valence-corrected chi connectivity index (χ2v) is 5.10. The maximum absolute atomic E-state index is 12.2. The van der Waals surface area contributed by atoms with E-state index in [1.54, 1.807) is 4.57 Å². The number of hydrogen-bond donors (Lipinski definition) is 1. The number of benzene rings is 1. The molecule has 0 aliphatic rings. The first-order valence-electron chi connectivity index (χ1n) is 6.47. The molecule has 7 heteroatoms. The Balaban J connectivity index is 2.06. The van der Waals surface area contributed by atoms with Gasteiger partial charge < -0.3 is 4.57 Å². The van der Waals surface area contributed by atoms with E-state index in [9.17, 15) is 9.59 Å². The van der Waals surface area contributed by atoms with E-state index in [-0.39, 0.29) is 10.9 Å². The predicted octanol–water partition coefficient (Wildman–Crippen LogP) is 1.32. The standard InChI is InChI=1S/C14H13ClN4O2/c1-18-12(20)10-11(17-14(18)21)16-13(15)19(10)8-7-9-5-3-2-4-6-9/h2-6H,7-8H2,1H3,(H,17,21). The van der Waals surface area contributed by atoms with Crippen LogP contribution in [0.15, 0.2) is 39.9 Å². The molecule has 0 fully saturated rings. The first-order chi connectivity index (χ1) is 10.1. The molecule has 0 aliphatic heterocycles. The molecule has 0 amide bonds. The zero-order chi connectivity index (χ0) is 15.0. The molecule has 2 heterocycles. The van der Waals surface area contributed by atoms with Crippen LogP contribution in [0.2, 0.25) is 5.28 Å². The van der Waals surface area contributed by atoms with Crippen molar-refractivity contribution in [2.24, 2.45) is 7.05 Å². The number of hydrogen-bond acceptors (Lipinski definition) is 3. The molecule has 3 rings (SSSR count). The molecule has 0 radical (unpaired) electrons. The molecular weight excluding hydrogens is 292 g/mol. The molecule has 0 saturated heterocycles. The van der Waals surface area contributed by atoms with Crippen LogP contribution in [0.5, 0.6) is 0 Å². The van der Waals surface area contributed by atoms with Crippen LogP contribution in [0.4, 0.5) is 0 Å². The van der Waals surface area contributed by atoms with Crippen molar-refractivity contribution in [2.45, 2.75) is 13.0 Å². The molecule has 108 valence electrons. The fourth-order valence-corrected chi connectivity index (χ4v) is 2.51. The normalized spacial score (nSPS) is 11.1. The van der Waals surface area contributed by atoms with Gasteiger partial charge in [-0.25, -0.2) is 4.79 Å². The monoisotopic (exact) mass is 304 g/mol. The Hall–Kier alpha value is -2.34. The minimum Gasteiger partial charge on any atom is -0.308 e. The highest BCUT2D eigenvalue weighted by Crippen LogP contribution is 2.15. The molecule has 0 unspecified atom stereocenters. The molecule has 21 heavy (non-hydrogen) atoms. The third-order valence-electron chi connectivity index (χ3n) is 3.43. The van der Waals surface area contributed by atoms with E-state index >= 15 is 0 Å². The van der Waals surface area contributed by atoms with Gasteiger partial charge in [0.15, 0.2) is 11.2 Å². The minimum atomic E-state index is -0.503. The lowest BCUT2D eigenvalue weighted by atomic mass is 10.1. The largest absolute Gasteiger partial charge is 0.329 e. The van der Waals surface area contributed by atoms with Crippen molar-refractivity contribution in [3.05, 3.63) is 62.0 Å². The zero-order valence-corrected chi connectivity index (χ0v) is 12.1. The molecule has 0 aliphatic carbocycles. The van der Waals surface area contributed by atoms with Gasteiger partial charge in [0.25, 0.3) is 5.56 Å². The van der Waals surface area contributed by atoms with Crippen molar-refractivity contribution < 1.29 is 0 Å². The third kappa shape index (κ3) is 2.38. The summed E-state index contributed by atoms with van der Waals surface area (Å²) in [6.07, 6.45) is 0.717. The number of imidazole rings is 1. The summed E-state index contributed by atoms with van der Waals surface area (Å²) in [6.45, 7) is 0.515. The first kappa shape index (κ1) is 13.6. The van der Waals surface area contributed by atoms with Crippen molar-refractivity contribution in [2.75, 3.05) is 0 Å². The number of aromatic amines is 1.